The topological polar surface area (TPSA) is 99.3 Å². The Labute approximate surface area is 212 Å². The number of halogens is 4. The van der Waals surface area contributed by atoms with Crippen LogP contribution in [0.5, 0.6) is 0 Å². The molecule has 9 nitrogen and oxygen atoms in total. The van der Waals surface area contributed by atoms with Crippen LogP contribution >= 0.6 is 11.6 Å². The van der Waals surface area contributed by atoms with E-state index >= 15 is 0 Å². The predicted molar refractivity (Wildman–Crippen MR) is 127 cm³/mol. The second-order valence-corrected chi connectivity index (χ2v) is 12.0. The van der Waals surface area contributed by atoms with E-state index in [1.54, 1.807) is 11.8 Å². The zero-order valence-electron chi connectivity index (χ0n) is 19.6. The normalized spacial score (nSPS) is 27.0. The van der Waals surface area contributed by atoms with E-state index in [1.807, 2.05) is 0 Å². The first-order valence-electron chi connectivity index (χ1n) is 11.6. The van der Waals surface area contributed by atoms with Gasteiger partial charge in [0.15, 0.2) is 9.84 Å². The zero-order valence-corrected chi connectivity index (χ0v) is 21.2. The summed E-state index contributed by atoms with van der Waals surface area (Å²) in [6.07, 6.45) is -3.99. The molecular formula is C22H28ClF3N4O5S. The Bertz CT molecular complexity index is 1110. The van der Waals surface area contributed by atoms with Crippen LogP contribution in [0.1, 0.15) is 18.9 Å². The van der Waals surface area contributed by atoms with Gasteiger partial charge < -0.3 is 24.8 Å². The maximum atomic E-state index is 13.3. The number of hydrogen-bond donors (Lipinski definition) is 1. The fourth-order valence-corrected chi connectivity index (χ4v) is 6.40. The number of alkyl halides is 3. The number of nitrogens with zero attached hydrogens (tertiary/aromatic N) is 3. The maximum Gasteiger partial charge on any atom is 0.417 e. The molecule has 0 aliphatic carbocycles. The largest absolute Gasteiger partial charge is 0.417 e. The van der Waals surface area contributed by atoms with Crippen LogP contribution in [0.25, 0.3) is 0 Å². The molecule has 0 spiro atoms. The standard InChI is InChI=1S/C22H28ClF3N4O5S/c1-14-20(31)30-16(4-5-28-6-8-36(33,34)9-7-28)12-35-13-17(30)11-29(14)21(32)27-15-2-3-18(19(23)10-15)22(24,25)26/h2-3,10,14,16-17H,4-9,11-13H2,1H3,(H,27,32)/t14-,16-,17+/m0/s1. The third-order valence-corrected chi connectivity index (χ3v) is 8.82. The number of benzene rings is 1. The molecule has 1 aromatic rings. The molecule has 3 aliphatic rings. The van der Waals surface area contributed by atoms with Crippen molar-refractivity contribution < 1.29 is 35.9 Å². The van der Waals surface area contributed by atoms with E-state index in [0.29, 0.717) is 32.7 Å². The van der Waals surface area contributed by atoms with Crippen LogP contribution < -0.4 is 5.32 Å². The highest BCUT2D eigenvalue weighted by atomic mass is 35.5. The van der Waals surface area contributed by atoms with Crippen molar-refractivity contribution in [3.63, 3.8) is 0 Å². The number of carbonyl (C=O) groups excluding carboxylic acids is 2. The molecule has 200 valence electrons. The smallest absolute Gasteiger partial charge is 0.377 e. The molecule has 0 aromatic heterocycles. The minimum Gasteiger partial charge on any atom is -0.377 e. The number of hydrogen-bond acceptors (Lipinski definition) is 6. The number of piperazine rings is 1. The molecule has 3 heterocycles. The van der Waals surface area contributed by atoms with Gasteiger partial charge in [0.05, 0.1) is 47.4 Å². The summed E-state index contributed by atoms with van der Waals surface area (Å²) in [7, 11) is -2.97. The third kappa shape index (κ3) is 5.90. The van der Waals surface area contributed by atoms with Gasteiger partial charge in [0.1, 0.15) is 6.04 Å². The molecular weight excluding hydrogens is 525 g/mol. The van der Waals surface area contributed by atoms with Crippen molar-refractivity contribution in [2.75, 3.05) is 56.2 Å². The second kappa shape index (κ2) is 10.3. The lowest BCUT2D eigenvalue weighted by Gasteiger charge is -2.50. The Morgan fingerprint density at radius 2 is 1.92 bits per heavy atom. The van der Waals surface area contributed by atoms with Gasteiger partial charge in [-0.25, -0.2) is 13.2 Å². The minimum atomic E-state index is -4.61. The first kappa shape index (κ1) is 27.0. The molecule has 3 atom stereocenters. The number of amides is 3. The summed E-state index contributed by atoms with van der Waals surface area (Å²) in [6, 6.07) is 0.960. The summed E-state index contributed by atoms with van der Waals surface area (Å²) < 4.78 is 67.9. The molecule has 1 aromatic carbocycles. The Balaban J connectivity index is 1.38. The van der Waals surface area contributed by atoms with E-state index in [1.165, 1.54) is 4.90 Å². The highest BCUT2D eigenvalue weighted by molar-refractivity contribution is 7.91. The van der Waals surface area contributed by atoms with Crippen LogP contribution in [-0.2, 0) is 25.5 Å². The third-order valence-electron chi connectivity index (χ3n) is 6.90. The second-order valence-electron chi connectivity index (χ2n) is 9.32. The minimum absolute atomic E-state index is 0.0846. The van der Waals surface area contributed by atoms with E-state index < -0.39 is 38.7 Å². The summed E-state index contributed by atoms with van der Waals surface area (Å²) in [5.41, 5.74) is -0.919. The molecule has 0 bridgehead atoms. The first-order chi connectivity index (χ1) is 16.9. The summed E-state index contributed by atoms with van der Waals surface area (Å²) in [5, 5.41) is 1.99. The van der Waals surface area contributed by atoms with Crippen molar-refractivity contribution in [1.82, 2.24) is 14.7 Å². The Morgan fingerprint density at radius 1 is 1.22 bits per heavy atom. The van der Waals surface area contributed by atoms with E-state index in [0.717, 1.165) is 18.2 Å². The van der Waals surface area contributed by atoms with Gasteiger partial charge in [0, 0.05) is 31.9 Å². The van der Waals surface area contributed by atoms with Gasteiger partial charge in [-0.05, 0) is 31.5 Å². The van der Waals surface area contributed by atoms with Gasteiger partial charge in [-0.2, -0.15) is 13.2 Å². The summed E-state index contributed by atoms with van der Waals surface area (Å²) in [5.74, 6) is 0.0245. The van der Waals surface area contributed by atoms with Gasteiger partial charge in [-0.15, -0.1) is 0 Å². The molecule has 1 N–H and O–H groups in total. The number of anilines is 1. The summed E-state index contributed by atoms with van der Waals surface area (Å²) in [6.45, 7) is 3.99. The SMILES string of the molecule is C[C@H]1C(=O)N2[C@@H](CCN3CCS(=O)(=O)CC3)COC[C@H]2CN1C(=O)Nc1ccc(C(F)(F)F)c(Cl)c1. The highest BCUT2D eigenvalue weighted by Crippen LogP contribution is 2.36. The average Bonchev–Trinajstić information content (AvgIpc) is 2.79. The monoisotopic (exact) mass is 552 g/mol. The van der Waals surface area contributed by atoms with Crippen molar-refractivity contribution in [1.29, 1.82) is 0 Å². The number of sulfone groups is 1. The molecule has 0 unspecified atom stereocenters. The predicted octanol–water partition coefficient (Wildman–Crippen LogP) is 2.31. The summed E-state index contributed by atoms with van der Waals surface area (Å²) >= 11 is 5.75. The lowest BCUT2D eigenvalue weighted by molar-refractivity contribution is -0.159. The Hall–Kier alpha value is -2.09. The van der Waals surface area contributed by atoms with Crippen molar-refractivity contribution in [2.24, 2.45) is 0 Å². The number of fused-ring (bicyclic) bond motifs is 1. The number of carbonyl (C=O) groups is 2. The molecule has 4 rings (SSSR count). The van der Waals surface area contributed by atoms with Crippen molar-refractivity contribution in [2.45, 2.75) is 37.6 Å². The van der Waals surface area contributed by atoms with E-state index in [4.69, 9.17) is 16.3 Å². The van der Waals surface area contributed by atoms with E-state index in [9.17, 15) is 31.2 Å². The number of rotatable bonds is 4. The fourth-order valence-electron chi connectivity index (χ4n) is 4.84. The van der Waals surface area contributed by atoms with Gasteiger partial charge >= 0.3 is 12.2 Å². The molecule has 3 fully saturated rings. The lowest BCUT2D eigenvalue weighted by atomic mass is 10.0. The van der Waals surface area contributed by atoms with Crippen LogP contribution in [0.4, 0.5) is 23.7 Å². The van der Waals surface area contributed by atoms with E-state index in [2.05, 4.69) is 10.2 Å². The van der Waals surface area contributed by atoms with Crippen LogP contribution in [0.3, 0.4) is 0 Å². The van der Waals surface area contributed by atoms with Crippen molar-refractivity contribution in [3.05, 3.63) is 28.8 Å². The molecule has 3 amide bonds. The molecule has 3 saturated heterocycles. The Kier molecular flexibility index (Phi) is 7.75. The number of urea groups is 1. The van der Waals surface area contributed by atoms with Crippen molar-refractivity contribution in [3.8, 4) is 0 Å². The Morgan fingerprint density at radius 3 is 2.56 bits per heavy atom. The van der Waals surface area contributed by atoms with E-state index in [-0.39, 0.29) is 48.3 Å². The van der Waals surface area contributed by atoms with Crippen LogP contribution in [0.2, 0.25) is 5.02 Å². The van der Waals surface area contributed by atoms with Gasteiger partial charge in [0.2, 0.25) is 5.91 Å². The maximum absolute atomic E-state index is 13.3. The van der Waals surface area contributed by atoms with Crippen LogP contribution in [0.15, 0.2) is 18.2 Å². The number of morpholine rings is 1. The van der Waals surface area contributed by atoms with Crippen LogP contribution in [0, 0.1) is 0 Å². The molecule has 0 radical (unpaired) electrons. The summed E-state index contributed by atoms with van der Waals surface area (Å²) in [4.78, 5) is 31.4. The zero-order chi connectivity index (χ0) is 26.3. The molecule has 36 heavy (non-hydrogen) atoms. The molecule has 14 heteroatoms. The number of ether oxygens (including phenoxy) is 1. The molecule has 3 aliphatic heterocycles. The number of nitrogens with one attached hydrogen (secondary N) is 1. The lowest BCUT2D eigenvalue weighted by Crippen LogP contribution is -2.68. The molecule has 0 saturated carbocycles. The average molecular weight is 553 g/mol. The fraction of sp³-hybridized carbons (Fsp3) is 0.636. The van der Waals surface area contributed by atoms with Gasteiger partial charge in [0.25, 0.3) is 0 Å². The van der Waals surface area contributed by atoms with Gasteiger partial charge in [-0.1, -0.05) is 11.6 Å². The van der Waals surface area contributed by atoms with Crippen molar-refractivity contribution >= 4 is 39.1 Å². The van der Waals surface area contributed by atoms with Gasteiger partial charge in [-0.3, -0.25) is 4.79 Å². The quantitative estimate of drug-likeness (QED) is 0.615. The highest BCUT2D eigenvalue weighted by Gasteiger charge is 2.45. The first-order valence-corrected chi connectivity index (χ1v) is 13.8. The van der Waals surface area contributed by atoms with Crippen LogP contribution in [-0.4, -0.2) is 104 Å².